The van der Waals surface area contributed by atoms with Gasteiger partial charge in [-0.3, -0.25) is 10.1 Å². The molecule has 0 unspecified atom stereocenters. The van der Waals surface area contributed by atoms with Gasteiger partial charge in [0.1, 0.15) is 11.6 Å². The lowest BCUT2D eigenvalue weighted by atomic mass is 10.1. The van der Waals surface area contributed by atoms with Crippen LogP contribution in [-0.2, 0) is 0 Å². The van der Waals surface area contributed by atoms with Crippen molar-refractivity contribution in [2.75, 3.05) is 0 Å². The number of aromatic nitrogens is 4. The molecule has 8 heteroatoms. The quantitative estimate of drug-likeness (QED) is 0.489. The smallest absolute Gasteiger partial charge is 0.258 e. The van der Waals surface area contributed by atoms with Crippen molar-refractivity contribution in [3.05, 3.63) is 45.8 Å². The molecule has 0 saturated carbocycles. The summed E-state index contributed by atoms with van der Waals surface area (Å²) >= 11 is 0. The van der Waals surface area contributed by atoms with Crippen LogP contribution in [0.3, 0.4) is 0 Å². The summed E-state index contributed by atoms with van der Waals surface area (Å²) in [7, 11) is 0. The van der Waals surface area contributed by atoms with Gasteiger partial charge in [0.2, 0.25) is 5.82 Å². The number of H-pyrrole nitrogens is 1. The SMILES string of the molecule is N#C/C(=C\c1cccc([N+](=O)[O-])c1)c1nn[nH]n1. The second kappa shape index (κ2) is 4.84. The summed E-state index contributed by atoms with van der Waals surface area (Å²) in [5.74, 6) is 0.143. The Labute approximate surface area is 101 Å². The first kappa shape index (κ1) is 11.4. The Morgan fingerprint density at radius 1 is 1.56 bits per heavy atom. The largest absolute Gasteiger partial charge is 0.270 e. The number of nitrogens with one attached hydrogen (secondary N) is 1. The van der Waals surface area contributed by atoms with Crippen LogP contribution in [0.4, 0.5) is 5.69 Å². The van der Waals surface area contributed by atoms with Crippen LogP contribution in [0.2, 0.25) is 0 Å². The van der Waals surface area contributed by atoms with Gasteiger partial charge >= 0.3 is 0 Å². The van der Waals surface area contributed by atoms with E-state index in [-0.39, 0.29) is 17.1 Å². The molecule has 88 valence electrons. The van der Waals surface area contributed by atoms with Crippen molar-refractivity contribution in [3.8, 4) is 6.07 Å². The van der Waals surface area contributed by atoms with Gasteiger partial charge < -0.3 is 0 Å². The molecule has 0 aliphatic rings. The average Bonchev–Trinajstić information content (AvgIpc) is 2.90. The topological polar surface area (TPSA) is 121 Å². The zero-order chi connectivity index (χ0) is 13.0. The van der Waals surface area contributed by atoms with E-state index in [0.717, 1.165) is 0 Å². The van der Waals surface area contributed by atoms with Crippen molar-refractivity contribution >= 4 is 17.3 Å². The van der Waals surface area contributed by atoms with Crippen molar-refractivity contribution < 1.29 is 4.92 Å². The number of rotatable bonds is 3. The Balaban J connectivity index is 2.40. The summed E-state index contributed by atoms with van der Waals surface area (Å²) in [6, 6.07) is 7.82. The number of hydrogen-bond acceptors (Lipinski definition) is 6. The van der Waals surface area contributed by atoms with Gasteiger partial charge in [0.05, 0.1) is 4.92 Å². The fourth-order valence-electron chi connectivity index (χ4n) is 1.32. The molecule has 8 nitrogen and oxygen atoms in total. The van der Waals surface area contributed by atoms with E-state index in [9.17, 15) is 10.1 Å². The molecule has 0 amide bonds. The summed E-state index contributed by atoms with van der Waals surface area (Å²) in [4.78, 5) is 10.1. The molecule has 1 N–H and O–H groups in total. The molecular weight excluding hydrogens is 236 g/mol. The third-order valence-electron chi connectivity index (χ3n) is 2.10. The maximum Gasteiger partial charge on any atom is 0.270 e. The number of tetrazole rings is 1. The van der Waals surface area contributed by atoms with Crippen LogP contribution in [0.5, 0.6) is 0 Å². The molecule has 0 aliphatic heterocycles. The second-order valence-corrected chi connectivity index (χ2v) is 3.26. The molecule has 1 aromatic carbocycles. The van der Waals surface area contributed by atoms with Crippen molar-refractivity contribution in [3.63, 3.8) is 0 Å². The first-order valence-electron chi connectivity index (χ1n) is 4.81. The molecule has 1 aromatic heterocycles. The number of nitrogens with zero attached hydrogens (tertiary/aromatic N) is 5. The van der Waals surface area contributed by atoms with Gasteiger partial charge in [-0.25, -0.2) is 0 Å². The van der Waals surface area contributed by atoms with Crippen LogP contribution < -0.4 is 0 Å². The van der Waals surface area contributed by atoms with E-state index in [1.54, 1.807) is 6.07 Å². The van der Waals surface area contributed by atoms with Gasteiger partial charge in [-0.15, -0.1) is 10.2 Å². The average molecular weight is 242 g/mol. The highest BCUT2D eigenvalue weighted by Crippen LogP contribution is 2.18. The third-order valence-corrected chi connectivity index (χ3v) is 2.10. The molecule has 0 radical (unpaired) electrons. The van der Waals surface area contributed by atoms with Gasteiger partial charge in [0.15, 0.2) is 0 Å². The standard InChI is InChI=1S/C10H6N6O2/c11-6-8(10-12-14-15-13-10)4-7-2-1-3-9(5-7)16(17)18/h1-5H,(H,12,13,14,15)/b8-4+. The van der Waals surface area contributed by atoms with Crippen LogP contribution in [0.1, 0.15) is 11.4 Å². The molecular formula is C10H6N6O2. The van der Waals surface area contributed by atoms with Gasteiger partial charge in [-0.2, -0.15) is 10.5 Å². The van der Waals surface area contributed by atoms with Crippen LogP contribution in [0, 0.1) is 21.4 Å². The summed E-state index contributed by atoms with van der Waals surface area (Å²) in [6.45, 7) is 0. The van der Waals surface area contributed by atoms with E-state index in [4.69, 9.17) is 5.26 Å². The number of benzene rings is 1. The number of allylic oxidation sites excluding steroid dienone is 1. The van der Waals surface area contributed by atoms with Gasteiger partial charge in [0.25, 0.3) is 5.69 Å². The number of nitro benzene ring substituents is 1. The lowest BCUT2D eigenvalue weighted by Crippen LogP contribution is -1.89. The Hall–Kier alpha value is -3.08. The Kier molecular flexibility index (Phi) is 3.06. The van der Waals surface area contributed by atoms with Crippen molar-refractivity contribution in [1.82, 2.24) is 20.6 Å². The number of nitro groups is 1. The number of aromatic amines is 1. The Morgan fingerprint density at radius 2 is 2.39 bits per heavy atom. The molecule has 0 saturated heterocycles. The minimum Gasteiger partial charge on any atom is -0.258 e. The second-order valence-electron chi connectivity index (χ2n) is 3.26. The number of nitriles is 1. The van der Waals surface area contributed by atoms with E-state index in [1.165, 1.54) is 24.3 Å². The highest BCUT2D eigenvalue weighted by Gasteiger charge is 2.08. The van der Waals surface area contributed by atoms with Crippen LogP contribution in [0.15, 0.2) is 24.3 Å². The van der Waals surface area contributed by atoms with Crippen molar-refractivity contribution in [2.24, 2.45) is 0 Å². The Bertz CT molecular complexity index is 641. The molecule has 0 bridgehead atoms. The van der Waals surface area contributed by atoms with E-state index in [2.05, 4.69) is 20.6 Å². The number of hydrogen-bond donors (Lipinski definition) is 1. The maximum atomic E-state index is 10.6. The normalized spacial score (nSPS) is 10.9. The van der Waals surface area contributed by atoms with Gasteiger partial charge in [-0.05, 0) is 16.9 Å². The van der Waals surface area contributed by atoms with Crippen molar-refractivity contribution in [2.45, 2.75) is 0 Å². The fraction of sp³-hybridized carbons (Fsp3) is 0. The van der Waals surface area contributed by atoms with Gasteiger partial charge in [-0.1, -0.05) is 12.1 Å². The first-order valence-corrected chi connectivity index (χ1v) is 4.81. The Morgan fingerprint density at radius 3 is 3.00 bits per heavy atom. The molecule has 2 aromatic rings. The highest BCUT2D eigenvalue weighted by molar-refractivity contribution is 5.87. The number of non-ortho nitro benzene ring substituents is 1. The molecule has 0 aliphatic carbocycles. The zero-order valence-corrected chi connectivity index (χ0v) is 8.94. The fourth-order valence-corrected chi connectivity index (χ4v) is 1.32. The maximum absolute atomic E-state index is 10.6. The summed E-state index contributed by atoms with van der Waals surface area (Å²) < 4.78 is 0. The molecule has 1 heterocycles. The molecule has 2 rings (SSSR count). The lowest BCUT2D eigenvalue weighted by Gasteiger charge is -1.95. The van der Waals surface area contributed by atoms with Crippen LogP contribution in [-0.4, -0.2) is 25.5 Å². The molecule has 18 heavy (non-hydrogen) atoms. The zero-order valence-electron chi connectivity index (χ0n) is 8.94. The predicted molar refractivity (Wildman–Crippen MR) is 60.8 cm³/mol. The van der Waals surface area contributed by atoms with E-state index < -0.39 is 4.92 Å². The monoisotopic (exact) mass is 242 g/mol. The first-order chi connectivity index (χ1) is 8.70. The van der Waals surface area contributed by atoms with E-state index in [1.807, 2.05) is 6.07 Å². The highest BCUT2D eigenvalue weighted by atomic mass is 16.6. The molecule has 0 spiro atoms. The van der Waals surface area contributed by atoms with Crippen molar-refractivity contribution in [1.29, 1.82) is 5.26 Å². The summed E-state index contributed by atoms with van der Waals surface area (Å²) in [5, 5.41) is 32.5. The van der Waals surface area contributed by atoms with Crippen LogP contribution >= 0.6 is 0 Å². The predicted octanol–water partition coefficient (Wildman–Crippen LogP) is 1.17. The molecule has 0 atom stereocenters. The minimum absolute atomic E-state index is 0.0471. The van der Waals surface area contributed by atoms with Crippen LogP contribution in [0.25, 0.3) is 11.6 Å². The summed E-state index contributed by atoms with van der Waals surface area (Å²) in [6.07, 6.45) is 1.46. The lowest BCUT2D eigenvalue weighted by molar-refractivity contribution is -0.384. The minimum atomic E-state index is -0.502. The third kappa shape index (κ3) is 2.35. The summed E-state index contributed by atoms with van der Waals surface area (Å²) in [5.41, 5.74) is 0.643. The molecule has 0 fully saturated rings. The van der Waals surface area contributed by atoms with Gasteiger partial charge in [0, 0.05) is 12.1 Å². The van der Waals surface area contributed by atoms with E-state index in [0.29, 0.717) is 5.56 Å². The van der Waals surface area contributed by atoms with E-state index >= 15 is 0 Å².